The Bertz CT molecular complexity index is 470. The summed E-state index contributed by atoms with van der Waals surface area (Å²) in [4.78, 5) is 0. The maximum atomic E-state index is 13.6. The molecule has 1 aliphatic heterocycles. The fourth-order valence-electron chi connectivity index (χ4n) is 1.95. The molecule has 1 N–H and O–H groups in total. The Hall–Kier alpha value is -1.57. The number of hydrogen-bond acceptors (Lipinski definition) is 3. The molecule has 0 amide bonds. The first kappa shape index (κ1) is 13.9. The third kappa shape index (κ3) is 4.23. The topological polar surface area (TPSA) is 38.7 Å². The summed E-state index contributed by atoms with van der Waals surface area (Å²) >= 11 is 0. The van der Waals surface area contributed by atoms with Gasteiger partial charge in [-0.25, -0.2) is 4.39 Å². The van der Waals surface area contributed by atoms with Crippen molar-refractivity contribution in [2.75, 3.05) is 19.8 Å². The minimum atomic E-state index is -0.442. The van der Waals surface area contributed by atoms with Crippen LogP contribution in [-0.4, -0.2) is 31.0 Å². The normalized spacial score (nSPS) is 18.5. The van der Waals surface area contributed by atoms with Crippen LogP contribution in [0.5, 0.6) is 5.75 Å². The Labute approximate surface area is 112 Å². The van der Waals surface area contributed by atoms with E-state index in [1.165, 1.54) is 6.07 Å². The molecule has 0 saturated carbocycles. The molecule has 19 heavy (non-hydrogen) atoms. The highest BCUT2D eigenvalue weighted by atomic mass is 19.1. The van der Waals surface area contributed by atoms with Gasteiger partial charge in [0.25, 0.3) is 0 Å². The van der Waals surface area contributed by atoms with Crippen LogP contribution in [0, 0.1) is 17.7 Å². The van der Waals surface area contributed by atoms with Gasteiger partial charge in [0.05, 0.1) is 11.7 Å². The largest absolute Gasteiger partial charge is 0.491 e. The van der Waals surface area contributed by atoms with Crippen LogP contribution in [-0.2, 0) is 4.74 Å². The predicted octanol–water partition coefficient (Wildman–Crippen LogP) is 2.12. The molecule has 1 heterocycles. The van der Waals surface area contributed by atoms with Crippen molar-refractivity contribution >= 4 is 0 Å². The van der Waals surface area contributed by atoms with Gasteiger partial charge in [-0.05, 0) is 31.4 Å². The van der Waals surface area contributed by atoms with Crippen LogP contribution in [0.2, 0.25) is 0 Å². The molecule has 0 spiro atoms. The van der Waals surface area contributed by atoms with Crippen molar-refractivity contribution in [2.24, 2.45) is 0 Å². The van der Waals surface area contributed by atoms with Crippen LogP contribution < -0.4 is 4.74 Å². The van der Waals surface area contributed by atoms with Crippen molar-refractivity contribution in [1.29, 1.82) is 0 Å². The van der Waals surface area contributed by atoms with Gasteiger partial charge < -0.3 is 14.6 Å². The Morgan fingerprint density at radius 3 is 3.00 bits per heavy atom. The summed E-state index contributed by atoms with van der Waals surface area (Å²) in [5.41, 5.74) is 0.260. The zero-order valence-corrected chi connectivity index (χ0v) is 10.7. The lowest BCUT2D eigenvalue weighted by Gasteiger charge is -2.22. The average molecular weight is 264 g/mol. The number of hydrogen-bond donors (Lipinski definition) is 1. The molecule has 1 saturated heterocycles. The van der Waals surface area contributed by atoms with Crippen molar-refractivity contribution in [3.8, 4) is 17.6 Å². The first-order chi connectivity index (χ1) is 9.29. The highest BCUT2D eigenvalue weighted by Crippen LogP contribution is 2.18. The van der Waals surface area contributed by atoms with Gasteiger partial charge in [-0.15, -0.1) is 0 Å². The average Bonchev–Trinajstić information content (AvgIpc) is 2.45. The van der Waals surface area contributed by atoms with Gasteiger partial charge in [0.2, 0.25) is 0 Å². The van der Waals surface area contributed by atoms with E-state index in [4.69, 9.17) is 14.6 Å². The minimum Gasteiger partial charge on any atom is -0.491 e. The second-order valence-corrected chi connectivity index (χ2v) is 4.40. The number of aliphatic hydroxyl groups excluding tert-OH is 1. The number of ether oxygens (including phenoxy) is 2. The van der Waals surface area contributed by atoms with Crippen LogP contribution in [0.4, 0.5) is 4.39 Å². The molecule has 1 unspecified atom stereocenters. The standard InChI is InChI=1S/C15H17FO3/c16-15-10-13(7-6-12(15)4-3-8-17)19-11-14-5-1-2-9-18-14/h6-7,10,14,17H,1-2,5,8-9,11H2. The van der Waals surface area contributed by atoms with Crippen LogP contribution in [0.1, 0.15) is 24.8 Å². The molecular formula is C15H17FO3. The summed E-state index contributed by atoms with van der Waals surface area (Å²) in [7, 11) is 0. The van der Waals surface area contributed by atoms with Gasteiger partial charge in [-0.1, -0.05) is 11.8 Å². The summed E-state index contributed by atoms with van der Waals surface area (Å²) in [6.07, 6.45) is 3.34. The van der Waals surface area contributed by atoms with Gasteiger partial charge in [-0.2, -0.15) is 0 Å². The fraction of sp³-hybridized carbons (Fsp3) is 0.467. The Morgan fingerprint density at radius 1 is 1.42 bits per heavy atom. The smallest absolute Gasteiger partial charge is 0.142 e. The second kappa shape index (κ2) is 7.13. The highest BCUT2D eigenvalue weighted by Gasteiger charge is 2.14. The van der Waals surface area contributed by atoms with Gasteiger partial charge in [0, 0.05) is 12.7 Å². The van der Waals surface area contributed by atoms with Gasteiger partial charge in [0.15, 0.2) is 0 Å². The van der Waals surface area contributed by atoms with Crippen molar-refractivity contribution < 1.29 is 19.0 Å². The van der Waals surface area contributed by atoms with E-state index in [0.717, 1.165) is 25.9 Å². The minimum absolute atomic E-state index is 0.102. The summed E-state index contributed by atoms with van der Waals surface area (Å²) in [5, 5.41) is 8.57. The molecule has 2 rings (SSSR count). The van der Waals surface area contributed by atoms with E-state index in [-0.39, 0.29) is 18.3 Å². The molecule has 1 aliphatic rings. The zero-order chi connectivity index (χ0) is 13.5. The van der Waals surface area contributed by atoms with Gasteiger partial charge >= 0.3 is 0 Å². The Kier molecular flexibility index (Phi) is 5.20. The SMILES string of the molecule is OCC#Cc1ccc(OCC2CCCCO2)cc1F. The van der Waals surface area contributed by atoms with Gasteiger partial charge in [-0.3, -0.25) is 0 Å². The lowest BCUT2D eigenvalue weighted by molar-refractivity contribution is -0.0111. The van der Waals surface area contributed by atoms with Crippen LogP contribution >= 0.6 is 0 Å². The van der Waals surface area contributed by atoms with E-state index in [1.54, 1.807) is 12.1 Å². The van der Waals surface area contributed by atoms with E-state index >= 15 is 0 Å². The number of benzene rings is 1. The van der Waals surface area contributed by atoms with Crippen LogP contribution in [0.3, 0.4) is 0 Å². The molecule has 102 valence electrons. The van der Waals surface area contributed by atoms with E-state index in [2.05, 4.69) is 11.8 Å². The Morgan fingerprint density at radius 2 is 2.32 bits per heavy atom. The third-order valence-electron chi connectivity index (χ3n) is 2.95. The second-order valence-electron chi connectivity index (χ2n) is 4.40. The molecule has 0 aromatic heterocycles. The molecule has 1 aromatic rings. The van der Waals surface area contributed by atoms with E-state index in [0.29, 0.717) is 12.4 Å². The molecule has 4 heteroatoms. The maximum absolute atomic E-state index is 13.6. The van der Waals surface area contributed by atoms with Crippen LogP contribution in [0.25, 0.3) is 0 Å². The van der Waals surface area contributed by atoms with E-state index in [1.807, 2.05) is 0 Å². The molecule has 3 nitrogen and oxygen atoms in total. The summed E-state index contributed by atoms with van der Waals surface area (Å²) in [6.45, 7) is 0.940. The third-order valence-corrected chi connectivity index (χ3v) is 2.95. The summed E-state index contributed by atoms with van der Waals surface area (Å²) in [6, 6.07) is 4.53. The molecule has 1 atom stereocenters. The number of aliphatic hydroxyl groups is 1. The van der Waals surface area contributed by atoms with Crippen molar-refractivity contribution in [3.63, 3.8) is 0 Å². The zero-order valence-electron chi connectivity index (χ0n) is 10.7. The van der Waals surface area contributed by atoms with E-state index < -0.39 is 5.82 Å². The fourth-order valence-corrected chi connectivity index (χ4v) is 1.95. The molecule has 1 fully saturated rings. The van der Waals surface area contributed by atoms with Crippen molar-refractivity contribution in [3.05, 3.63) is 29.6 Å². The molecule has 0 bridgehead atoms. The molecule has 1 aromatic carbocycles. The first-order valence-electron chi connectivity index (χ1n) is 6.43. The maximum Gasteiger partial charge on any atom is 0.142 e. The predicted molar refractivity (Wildman–Crippen MR) is 69.4 cm³/mol. The molecular weight excluding hydrogens is 247 g/mol. The lowest BCUT2D eigenvalue weighted by atomic mass is 10.1. The van der Waals surface area contributed by atoms with Crippen molar-refractivity contribution in [2.45, 2.75) is 25.4 Å². The van der Waals surface area contributed by atoms with Gasteiger partial charge in [0.1, 0.15) is 24.8 Å². The molecule has 0 aliphatic carbocycles. The summed E-state index contributed by atoms with van der Waals surface area (Å²) < 4.78 is 24.7. The number of rotatable bonds is 3. The number of halogens is 1. The Balaban J connectivity index is 1.92. The summed E-state index contributed by atoms with van der Waals surface area (Å²) in [5.74, 6) is 4.99. The first-order valence-corrected chi connectivity index (χ1v) is 6.43. The molecule has 0 radical (unpaired) electrons. The van der Waals surface area contributed by atoms with Crippen molar-refractivity contribution in [1.82, 2.24) is 0 Å². The lowest BCUT2D eigenvalue weighted by Crippen LogP contribution is -2.25. The van der Waals surface area contributed by atoms with E-state index in [9.17, 15) is 4.39 Å². The quantitative estimate of drug-likeness (QED) is 0.850. The monoisotopic (exact) mass is 264 g/mol. The van der Waals surface area contributed by atoms with Crippen LogP contribution in [0.15, 0.2) is 18.2 Å². The highest BCUT2D eigenvalue weighted by molar-refractivity contribution is 5.39.